The van der Waals surface area contributed by atoms with Gasteiger partial charge in [0.25, 0.3) is 0 Å². The molecule has 6 heteroatoms. The van der Waals surface area contributed by atoms with Crippen molar-refractivity contribution in [2.45, 2.75) is 6.10 Å². The van der Waals surface area contributed by atoms with Gasteiger partial charge < -0.3 is 25.6 Å². The Morgan fingerprint density at radius 2 is 1.77 bits per heavy atom. The molecule has 22 heavy (non-hydrogen) atoms. The first-order valence-corrected chi connectivity index (χ1v) is 6.73. The monoisotopic (exact) mass is 302 g/mol. The molecule has 2 aromatic rings. The maximum atomic E-state index is 12.0. The number of benzene rings is 2. The zero-order valence-electron chi connectivity index (χ0n) is 12.1. The molecule has 0 fully saturated rings. The summed E-state index contributed by atoms with van der Waals surface area (Å²) in [6.07, 6.45) is -0.969. The standard InChI is InChI=1S/C16H18N2O4/c1-22-14-7-3-6-13(9-14)18-16(21)17-12-5-2-4-11(8-12)15(20)10-19/h2-9,15,19-20H,10H2,1H3,(H2,17,18,21)/t15-/m1/s1. The molecule has 1 atom stereocenters. The average Bonchev–Trinajstić information content (AvgIpc) is 2.54. The Labute approximate surface area is 128 Å². The highest BCUT2D eigenvalue weighted by Gasteiger charge is 2.08. The summed E-state index contributed by atoms with van der Waals surface area (Å²) in [7, 11) is 1.55. The summed E-state index contributed by atoms with van der Waals surface area (Å²) in [4.78, 5) is 12.0. The van der Waals surface area contributed by atoms with Gasteiger partial charge in [-0.2, -0.15) is 0 Å². The van der Waals surface area contributed by atoms with E-state index in [1.807, 2.05) is 0 Å². The number of aliphatic hydroxyl groups is 2. The van der Waals surface area contributed by atoms with E-state index in [1.165, 1.54) is 0 Å². The largest absolute Gasteiger partial charge is 0.497 e. The van der Waals surface area contributed by atoms with Crippen molar-refractivity contribution < 1.29 is 19.7 Å². The molecule has 0 aromatic heterocycles. The SMILES string of the molecule is COc1cccc(NC(=O)Nc2cccc([C@H](O)CO)c2)c1. The molecule has 2 rings (SSSR count). The van der Waals surface area contributed by atoms with E-state index in [-0.39, 0.29) is 6.61 Å². The van der Waals surface area contributed by atoms with Crippen molar-refractivity contribution in [3.8, 4) is 5.75 Å². The number of methoxy groups -OCH3 is 1. The van der Waals surface area contributed by atoms with Gasteiger partial charge in [-0.3, -0.25) is 0 Å². The minimum atomic E-state index is -0.969. The fourth-order valence-corrected chi connectivity index (χ4v) is 1.92. The average molecular weight is 302 g/mol. The van der Waals surface area contributed by atoms with Gasteiger partial charge in [0.05, 0.1) is 13.7 Å². The Hall–Kier alpha value is -2.57. The van der Waals surface area contributed by atoms with Gasteiger partial charge in [-0.25, -0.2) is 4.79 Å². The van der Waals surface area contributed by atoms with E-state index in [2.05, 4.69) is 10.6 Å². The van der Waals surface area contributed by atoms with Gasteiger partial charge in [0, 0.05) is 17.4 Å². The van der Waals surface area contributed by atoms with E-state index in [1.54, 1.807) is 55.6 Å². The highest BCUT2D eigenvalue weighted by molar-refractivity contribution is 5.99. The van der Waals surface area contributed by atoms with Crippen LogP contribution in [0.1, 0.15) is 11.7 Å². The number of rotatable bonds is 5. The molecular formula is C16H18N2O4. The molecule has 0 saturated carbocycles. The van der Waals surface area contributed by atoms with Crippen molar-refractivity contribution in [2.75, 3.05) is 24.4 Å². The van der Waals surface area contributed by atoms with E-state index in [0.29, 0.717) is 22.7 Å². The van der Waals surface area contributed by atoms with Crippen molar-refractivity contribution in [1.82, 2.24) is 0 Å². The van der Waals surface area contributed by atoms with Crippen molar-refractivity contribution >= 4 is 17.4 Å². The second-order valence-electron chi connectivity index (χ2n) is 4.63. The van der Waals surface area contributed by atoms with Crippen LogP contribution in [0.2, 0.25) is 0 Å². The molecule has 0 saturated heterocycles. The highest BCUT2D eigenvalue weighted by atomic mass is 16.5. The van der Waals surface area contributed by atoms with Crippen molar-refractivity contribution in [2.24, 2.45) is 0 Å². The van der Waals surface area contributed by atoms with Crippen LogP contribution in [0.4, 0.5) is 16.2 Å². The Kier molecular flexibility index (Phi) is 5.35. The van der Waals surface area contributed by atoms with Crippen LogP contribution >= 0.6 is 0 Å². The number of hydrogen-bond acceptors (Lipinski definition) is 4. The quantitative estimate of drug-likeness (QED) is 0.682. The van der Waals surface area contributed by atoms with Crippen LogP contribution in [0.5, 0.6) is 5.75 Å². The minimum Gasteiger partial charge on any atom is -0.497 e. The Balaban J connectivity index is 2.02. The number of ether oxygens (including phenoxy) is 1. The first-order chi connectivity index (χ1) is 10.6. The number of urea groups is 1. The summed E-state index contributed by atoms with van der Waals surface area (Å²) in [5.41, 5.74) is 1.65. The summed E-state index contributed by atoms with van der Waals surface area (Å²) >= 11 is 0. The zero-order chi connectivity index (χ0) is 15.9. The smallest absolute Gasteiger partial charge is 0.323 e. The van der Waals surface area contributed by atoms with E-state index in [0.717, 1.165) is 0 Å². The normalized spacial score (nSPS) is 11.6. The lowest BCUT2D eigenvalue weighted by Crippen LogP contribution is -2.19. The van der Waals surface area contributed by atoms with E-state index in [9.17, 15) is 9.90 Å². The highest BCUT2D eigenvalue weighted by Crippen LogP contribution is 2.19. The molecule has 2 aromatic carbocycles. The Morgan fingerprint density at radius 3 is 2.41 bits per heavy atom. The van der Waals surface area contributed by atoms with Crippen LogP contribution in [0.15, 0.2) is 48.5 Å². The maximum Gasteiger partial charge on any atom is 0.323 e. The maximum absolute atomic E-state index is 12.0. The number of carbonyl (C=O) groups is 1. The zero-order valence-corrected chi connectivity index (χ0v) is 12.1. The molecule has 4 N–H and O–H groups in total. The lowest BCUT2D eigenvalue weighted by atomic mass is 10.1. The Morgan fingerprint density at radius 1 is 1.14 bits per heavy atom. The van der Waals surface area contributed by atoms with E-state index < -0.39 is 12.1 Å². The lowest BCUT2D eigenvalue weighted by molar-refractivity contribution is 0.0956. The van der Waals surface area contributed by atoms with Crippen LogP contribution in [-0.4, -0.2) is 30.0 Å². The fourth-order valence-electron chi connectivity index (χ4n) is 1.92. The predicted molar refractivity (Wildman–Crippen MR) is 84.1 cm³/mol. The van der Waals surface area contributed by atoms with Crippen molar-refractivity contribution in [1.29, 1.82) is 0 Å². The molecule has 0 radical (unpaired) electrons. The van der Waals surface area contributed by atoms with Crippen LogP contribution in [0.25, 0.3) is 0 Å². The lowest BCUT2D eigenvalue weighted by Gasteiger charge is -2.11. The first-order valence-electron chi connectivity index (χ1n) is 6.73. The molecule has 0 aliphatic heterocycles. The van der Waals surface area contributed by atoms with Crippen LogP contribution in [0, 0.1) is 0 Å². The molecule has 0 unspecified atom stereocenters. The third-order valence-electron chi connectivity index (χ3n) is 3.03. The number of carbonyl (C=O) groups excluding carboxylic acids is 1. The number of nitrogens with one attached hydrogen (secondary N) is 2. The van der Waals surface area contributed by atoms with Gasteiger partial charge in [0.15, 0.2) is 0 Å². The molecule has 0 bridgehead atoms. The van der Waals surface area contributed by atoms with Gasteiger partial charge in [-0.05, 0) is 29.8 Å². The van der Waals surface area contributed by atoms with Crippen LogP contribution in [-0.2, 0) is 0 Å². The molecule has 0 heterocycles. The van der Waals surface area contributed by atoms with E-state index in [4.69, 9.17) is 9.84 Å². The number of anilines is 2. The third-order valence-corrected chi connectivity index (χ3v) is 3.03. The van der Waals surface area contributed by atoms with Gasteiger partial charge in [0.1, 0.15) is 11.9 Å². The van der Waals surface area contributed by atoms with Gasteiger partial charge >= 0.3 is 6.03 Å². The summed E-state index contributed by atoms with van der Waals surface area (Å²) in [5.74, 6) is 0.644. The molecule has 2 amide bonds. The molecular weight excluding hydrogens is 284 g/mol. The van der Waals surface area contributed by atoms with Crippen molar-refractivity contribution in [3.05, 3.63) is 54.1 Å². The Bertz CT molecular complexity index is 646. The van der Waals surface area contributed by atoms with Gasteiger partial charge in [-0.1, -0.05) is 18.2 Å². The second kappa shape index (κ2) is 7.44. The topological polar surface area (TPSA) is 90.8 Å². The molecule has 0 spiro atoms. The summed E-state index contributed by atoms with van der Waals surface area (Å²) in [6.45, 7) is -0.376. The number of aliphatic hydroxyl groups excluding tert-OH is 2. The molecule has 116 valence electrons. The molecule has 0 aliphatic rings. The van der Waals surface area contributed by atoms with Crippen LogP contribution < -0.4 is 15.4 Å². The van der Waals surface area contributed by atoms with Crippen LogP contribution in [0.3, 0.4) is 0 Å². The van der Waals surface area contributed by atoms with E-state index >= 15 is 0 Å². The second-order valence-corrected chi connectivity index (χ2v) is 4.63. The minimum absolute atomic E-state index is 0.376. The molecule has 0 aliphatic carbocycles. The van der Waals surface area contributed by atoms with Gasteiger partial charge in [0.2, 0.25) is 0 Å². The summed E-state index contributed by atoms with van der Waals surface area (Å²) < 4.78 is 5.09. The van der Waals surface area contributed by atoms with Crippen molar-refractivity contribution in [3.63, 3.8) is 0 Å². The fraction of sp³-hybridized carbons (Fsp3) is 0.188. The predicted octanol–water partition coefficient (Wildman–Crippen LogP) is 2.36. The first kappa shape index (κ1) is 15.8. The number of hydrogen-bond donors (Lipinski definition) is 4. The number of amides is 2. The summed E-state index contributed by atoms with van der Waals surface area (Å²) in [6, 6.07) is 13.2. The summed E-state index contributed by atoms with van der Waals surface area (Å²) in [5, 5.41) is 23.9. The molecule has 6 nitrogen and oxygen atoms in total. The van der Waals surface area contributed by atoms with Gasteiger partial charge in [-0.15, -0.1) is 0 Å². The third kappa shape index (κ3) is 4.21.